The first kappa shape index (κ1) is 12.9. The molecule has 1 aromatic heterocycles. The molecule has 2 N–H and O–H groups in total. The van der Waals surface area contributed by atoms with Crippen molar-refractivity contribution in [2.24, 2.45) is 0 Å². The van der Waals surface area contributed by atoms with E-state index in [1.807, 2.05) is 0 Å². The Hall–Kier alpha value is -2.58. The maximum absolute atomic E-state index is 13.7. The van der Waals surface area contributed by atoms with E-state index >= 15 is 0 Å². The monoisotopic (exact) mass is 259 g/mol. The van der Waals surface area contributed by atoms with Gasteiger partial charge in [-0.3, -0.25) is 4.79 Å². The highest BCUT2D eigenvalue weighted by Crippen LogP contribution is 2.16. The van der Waals surface area contributed by atoms with E-state index in [2.05, 4.69) is 17.2 Å². The van der Waals surface area contributed by atoms with E-state index in [0.717, 1.165) is 0 Å². The maximum atomic E-state index is 13.7. The van der Waals surface area contributed by atoms with Crippen molar-refractivity contribution in [3.63, 3.8) is 0 Å². The molecule has 1 amide bonds. The number of nitrogens with one attached hydrogen (secondary N) is 1. The van der Waals surface area contributed by atoms with Crippen LogP contribution in [-0.4, -0.2) is 17.6 Å². The van der Waals surface area contributed by atoms with Crippen LogP contribution in [-0.2, 0) is 0 Å². The zero-order chi connectivity index (χ0) is 13.7. The fourth-order valence-electron chi connectivity index (χ4n) is 1.42. The fourth-order valence-corrected chi connectivity index (χ4v) is 1.42. The van der Waals surface area contributed by atoms with Gasteiger partial charge in [0.1, 0.15) is 18.7 Å². The number of carbonyl (C=O) groups is 1. The minimum Gasteiger partial charge on any atom is -0.472 e. The lowest BCUT2D eigenvalue weighted by molar-refractivity contribution is 0.102. The van der Waals surface area contributed by atoms with Gasteiger partial charge in [0.15, 0.2) is 0 Å². The number of aliphatic hydroxyl groups excluding tert-OH is 1. The summed E-state index contributed by atoms with van der Waals surface area (Å²) in [5.41, 5.74) is 0.789. The third-order valence-electron chi connectivity index (χ3n) is 2.31. The van der Waals surface area contributed by atoms with Crippen molar-refractivity contribution in [1.29, 1.82) is 0 Å². The highest BCUT2D eigenvalue weighted by molar-refractivity contribution is 6.04. The maximum Gasteiger partial charge on any atom is 0.258 e. The molecule has 0 aliphatic heterocycles. The van der Waals surface area contributed by atoms with E-state index in [4.69, 9.17) is 9.52 Å². The molecule has 1 heterocycles. The second kappa shape index (κ2) is 5.85. The summed E-state index contributed by atoms with van der Waals surface area (Å²) in [6.45, 7) is -0.291. The number of furan rings is 1. The Kier molecular flexibility index (Phi) is 3.96. The van der Waals surface area contributed by atoms with Gasteiger partial charge >= 0.3 is 0 Å². The second-order valence-electron chi connectivity index (χ2n) is 3.62. The van der Waals surface area contributed by atoms with E-state index in [-0.39, 0.29) is 12.3 Å². The lowest BCUT2D eigenvalue weighted by Crippen LogP contribution is -2.12. The lowest BCUT2D eigenvalue weighted by atomic mass is 10.2. The Morgan fingerprint density at radius 1 is 1.42 bits per heavy atom. The first-order valence-corrected chi connectivity index (χ1v) is 5.43. The normalized spacial score (nSPS) is 9.58. The van der Waals surface area contributed by atoms with Gasteiger partial charge in [-0.1, -0.05) is 11.8 Å². The topological polar surface area (TPSA) is 62.5 Å². The standard InChI is InChI=1S/C14H10FNO3/c15-12-8-10(2-1-6-17)3-4-13(12)16-14(18)11-5-7-19-9-11/h3-5,7-9,17H,6H2,(H,16,18). The lowest BCUT2D eigenvalue weighted by Gasteiger charge is -2.05. The number of hydrogen-bond donors (Lipinski definition) is 2. The molecule has 1 aromatic carbocycles. The van der Waals surface area contributed by atoms with Crippen molar-refractivity contribution in [3.8, 4) is 11.8 Å². The van der Waals surface area contributed by atoms with E-state index < -0.39 is 11.7 Å². The van der Waals surface area contributed by atoms with Gasteiger partial charge in [0.2, 0.25) is 0 Å². The van der Waals surface area contributed by atoms with Crippen molar-refractivity contribution < 1.29 is 18.7 Å². The predicted molar refractivity (Wildman–Crippen MR) is 67.0 cm³/mol. The average Bonchev–Trinajstić information content (AvgIpc) is 2.93. The number of carbonyl (C=O) groups excluding carboxylic acids is 1. The van der Waals surface area contributed by atoms with Crippen LogP contribution in [0.2, 0.25) is 0 Å². The molecule has 0 radical (unpaired) electrons. The van der Waals surface area contributed by atoms with E-state index in [1.165, 1.54) is 30.7 Å². The molecule has 0 fully saturated rings. The molecule has 0 spiro atoms. The first-order valence-electron chi connectivity index (χ1n) is 5.43. The van der Waals surface area contributed by atoms with E-state index in [9.17, 15) is 9.18 Å². The molecule has 0 atom stereocenters. The molecule has 96 valence electrons. The Morgan fingerprint density at radius 2 is 2.26 bits per heavy atom. The SMILES string of the molecule is O=C(Nc1ccc(C#CCO)cc1F)c1ccoc1. The molecule has 0 saturated heterocycles. The number of rotatable bonds is 2. The average molecular weight is 259 g/mol. The van der Waals surface area contributed by atoms with Gasteiger partial charge in [-0.25, -0.2) is 4.39 Å². The van der Waals surface area contributed by atoms with Crippen LogP contribution in [0.1, 0.15) is 15.9 Å². The molecular weight excluding hydrogens is 249 g/mol. The highest BCUT2D eigenvalue weighted by atomic mass is 19.1. The summed E-state index contributed by atoms with van der Waals surface area (Å²) in [6.07, 6.45) is 2.63. The van der Waals surface area contributed by atoms with Gasteiger partial charge < -0.3 is 14.8 Å². The summed E-state index contributed by atoms with van der Waals surface area (Å²) in [5, 5.41) is 11.0. The van der Waals surface area contributed by atoms with Crippen LogP contribution >= 0.6 is 0 Å². The Morgan fingerprint density at radius 3 is 2.89 bits per heavy atom. The number of anilines is 1. The summed E-state index contributed by atoms with van der Waals surface area (Å²) < 4.78 is 18.5. The van der Waals surface area contributed by atoms with Gasteiger partial charge in [0.05, 0.1) is 17.5 Å². The fraction of sp³-hybridized carbons (Fsp3) is 0.0714. The van der Waals surface area contributed by atoms with Gasteiger partial charge in [0, 0.05) is 5.56 Å². The van der Waals surface area contributed by atoms with Crippen molar-refractivity contribution >= 4 is 11.6 Å². The van der Waals surface area contributed by atoms with E-state index in [1.54, 1.807) is 6.07 Å². The van der Waals surface area contributed by atoms with Gasteiger partial charge in [-0.2, -0.15) is 0 Å². The van der Waals surface area contributed by atoms with Crippen LogP contribution in [0, 0.1) is 17.7 Å². The summed E-state index contributed by atoms with van der Waals surface area (Å²) in [4.78, 5) is 11.7. The third-order valence-corrected chi connectivity index (χ3v) is 2.31. The van der Waals surface area contributed by atoms with Crippen molar-refractivity contribution in [2.75, 3.05) is 11.9 Å². The zero-order valence-electron chi connectivity index (χ0n) is 9.81. The molecule has 19 heavy (non-hydrogen) atoms. The van der Waals surface area contributed by atoms with Crippen LogP contribution in [0.3, 0.4) is 0 Å². The second-order valence-corrected chi connectivity index (χ2v) is 3.62. The summed E-state index contributed by atoms with van der Waals surface area (Å²) in [5.74, 6) is 3.94. The largest absolute Gasteiger partial charge is 0.472 e. The molecule has 4 nitrogen and oxygen atoms in total. The molecule has 0 saturated carbocycles. The molecule has 2 rings (SSSR count). The summed E-state index contributed by atoms with van der Waals surface area (Å²) in [7, 11) is 0. The van der Waals surface area contributed by atoms with Crippen molar-refractivity contribution in [1.82, 2.24) is 0 Å². The summed E-state index contributed by atoms with van der Waals surface area (Å²) in [6, 6.07) is 5.63. The number of amides is 1. The van der Waals surface area contributed by atoms with Crippen LogP contribution in [0.15, 0.2) is 41.2 Å². The minimum absolute atomic E-state index is 0.0562. The van der Waals surface area contributed by atoms with Crippen LogP contribution in [0.25, 0.3) is 0 Å². The van der Waals surface area contributed by atoms with Crippen LogP contribution in [0.5, 0.6) is 0 Å². The van der Waals surface area contributed by atoms with Crippen LogP contribution in [0.4, 0.5) is 10.1 Å². The molecule has 2 aromatic rings. The first-order chi connectivity index (χ1) is 9.20. The molecule has 0 aliphatic rings. The van der Waals surface area contributed by atoms with Gasteiger partial charge in [0.25, 0.3) is 5.91 Å². The Labute approximate surface area is 108 Å². The highest BCUT2D eigenvalue weighted by Gasteiger charge is 2.10. The van der Waals surface area contributed by atoms with Crippen molar-refractivity contribution in [2.45, 2.75) is 0 Å². The van der Waals surface area contributed by atoms with Crippen molar-refractivity contribution in [3.05, 3.63) is 53.7 Å². The number of benzene rings is 1. The van der Waals surface area contributed by atoms with Crippen LogP contribution < -0.4 is 5.32 Å². The number of hydrogen-bond acceptors (Lipinski definition) is 3. The molecular formula is C14H10FNO3. The number of halogens is 1. The molecule has 0 unspecified atom stereocenters. The Bertz CT molecular complexity index is 638. The minimum atomic E-state index is -0.596. The quantitative estimate of drug-likeness (QED) is 0.811. The molecule has 5 heteroatoms. The smallest absolute Gasteiger partial charge is 0.258 e. The number of aliphatic hydroxyl groups is 1. The Balaban J connectivity index is 2.15. The third kappa shape index (κ3) is 3.21. The zero-order valence-corrected chi connectivity index (χ0v) is 9.81. The van der Waals surface area contributed by atoms with Gasteiger partial charge in [-0.05, 0) is 24.3 Å². The predicted octanol–water partition coefficient (Wildman–Crippen LogP) is 2.01. The molecule has 0 aliphatic carbocycles. The molecule has 0 bridgehead atoms. The summed E-state index contributed by atoms with van der Waals surface area (Å²) >= 11 is 0. The van der Waals surface area contributed by atoms with Gasteiger partial charge in [-0.15, -0.1) is 0 Å². The van der Waals surface area contributed by atoms with E-state index in [0.29, 0.717) is 11.1 Å².